The number of halogens is 2. The van der Waals surface area contributed by atoms with Crippen molar-refractivity contribution in [3.8, 4) is 0 Å². The first-order chi connectivity index (χ1) is 4.06. The number of nitro groups is 1. The van der Waals surface area contributed by atoms with E-state index in [1.807, 2.05) is 0 Å². The number of aliphatic hydroxyl groups excluding tert-OH is 1. The molecule has 54 valence electrons. The zero-order chi connectivity index (χ0) is 7.49. The van der Waals surface area contributed by atoms with Crippen molar-refractivity contribution >= 4 is 11.6 Å². The molecule has 6 heteroatoms. The van der Waals surface area contributed by atoms with Gasteiger partial charge in [0, 0.05) is 0 Å². The van der Waals surface area contributed by atoms with Crippen LogP contribution in [-0.2, 0) is 0 Å². The molecule has 0 saturated heterocycles. The van der Waals surface area contributed by atoms with Gasteiger partial charge in [-0.05, 0) is 0 Å². The topological polar surface area (TPSA) is 63.4 Å². The first-order valence-corrected chi connectivity index (χ1v) is 2.60. The van der Waals surface area contributed by atoms with Crippen molar-refractivity contribution < 1.29 is 14.4 Å². The second kappa shape index (κ2) is 2.93. The van der Waals surface area contributed by atoms with E-state index in [0.29, 0.717) is 0 Å². The highest BCUT2D eigenvalue weighted by Crippen LogP contribution is 2.12. The van der Waals surface area contributed by atoms with Crippen molar-refractivity contribution in [1.29, 1.82) is 0 Å². The van der Waals surface area contributed by atoms with Crippen LogP contribution in [0.5, 0.6) is 0 Å². The largest absolute Gasteiger partial charge is 0.394 e. The van der Waals surface area contributed by atoms with Gasteiger partial charge in [-0.2, -0.15) is 4.39 Å². The van der Waals surface area contributed by atoms with Gasteiger partial charge in [-0.25, -0.2) is 0 Å². The minimum Gasteiger partial charge on any atom is -0.386 e. The third-order valence-corrected chi connectivity index (χ3v) is 1.18. The third kappa shape index (κ3) is 1.76. The lowest BCUT2D eigenvalue weighted by Crippen LogP contribution is -2.39. The molecule has 1 atom stereocenters. The van der Waals surface area contributed by atoms with Crippen molar-refractivity contribution in [1.82, 2.24) is 0 Å². The Balaban J connectivity index is 4.09. The summed E-state index contributed by atoms with van der Waals surface area (Å²) in [7, 11) is 0. The van der Waals surface area contributed by atoms with E-state index in [2.05, 4.69) is 0 Å². The maximum absolute atomic E-state index is 12.3. The molecule has 0 radical (unpaired) electrons. The van der Waals surface area contributed by atoms with Gasteiger partial charge >= 0.3 is 5.79 Å². The first-order valence-electron chi connectivity index (χ1n) is 2.07. The molecule has 9 heavy (non-hydrogen) atoms. The monoisotopic (exact) mass is 157 g/mol. The molecule has 0 saturated carbocycles. The molecule has 0 spiro atoms. The van der Waals surface area contributed by atoms with E-state index >= 15 is 0 Å². The van der Waals surface area contributed by atoms with Crippen LogP contribution in [0.2, 0.25) is 0 Å². The van der Waals surface area contributed by atoms with Crippen LogP contribution in [0.25, 0.3) is 0 Å². The SMILES string of the molecule is O=[N+]([O-])C(F)(CO)CCl. The highest BCUT2D eigenvalue weighted by molar-refractivity contribution is 6.18. The average molecular weight is 158 g/mol. The summed E-state index contributed by atoms with van der Waals surface area (Å²) in [4.78, 5) is 8.42. The standard InChI is InChI=1S/C3H5ClFNO3/c4-1-3(5,2-7)6(8)9/h7H,1-2H2. The van der Waals surface area contributed by atoms with Gasteiger partial charge in [0.15, 0.2) is 0 Å². The smallest absolute Gasteiger partial charge is 0.386 e. The second-order valence-corrected chi connectivity index (χ2v) is 1.73. The summed E-state index contributed by atoms with van der Waals surface area (Å²) in [5.74, 6) is -3.71. The number of hydrogen-bond donors (Lipinski definition) is 1. The molecule has 0 aromatic carbocycles. The predicted octanol–water partition coefficient (Wildman–Crippen LogP) is 0.160. The van der Waals surface area contributed by atoms with Crippen molar-refractivity contribution in [2.75, 3.05) is 12.5 Å². The molecular weight excluding hydrogens is 152 g/mol. The van der Waals surface area contributed by atoms with Crippen LogP contribution in [0, 0.1) is 10.1 Å². The lowest BCUT2D eigenvalue weighted by atomic mass is 10.3. The van der Waals surface area contributed by atoms with Crippen molar-refractivity contribution in [3.63, 3.8) is 0 Å². The summed E-state index contributed by atoms with van der Waals surface area (Å²) in [6.07, 6.45) is 0. The van der Waals surface area contributed by atoms with Crippen LogP contribution in [0.4, 0.5) is 4.39 Å². The van der Waals surface area contributed by atoms with Crippen LogP contribution < -0.4 is 0 Å². The molecule has 1 N–H and O–H groups in total. The molecule has 1 unspecified atom stereocenters. The molecule has 0 heterocycles. The quantitative estimate of drug-likeness (QED) is 0.275. The summed E-state index contributed by atoms with van der Waals surface area (Å²) in [5, 5.41) is 17.7. The Kier molecular flexibility index (Phi) is 2.80. The van der Waals surface area contributed by atoms with E-state index in [1.54, 1.807) is 0 Å². The van der Waals surface area contributed by atoms with Gasteiger partial charge < -0.3 is 5.11 Å². The highest BCUT2D eigenvalue weighted by atomic mass is 35.5. The van der Waals surface area contributed by atoms with Crippen LogP contribution in [0.1, 0.15) is 0 Å². The summed E-state index contributed by atoms with van der Waals surface area (Å²) in [5.41, 5.74) is 0. The zero-order valence-electron chi connectivity index (χ0n) is 4.38. The Morgan fingerprint density at radius 3 is 2.33 bits per heavy atom. The molecule has 0 rings (SSSR count). The Hall–Kier alpha value is -0.420. The Bertz CT molecular complexity index is 116. The maximum Gasteiger partial charge on any atom is 0.394 e. The van der Waals surface area contributed by atoms with Gasteiger partial charge in [0.2, 0.25) is 0 Å². The summed E-state index contributed by atoms with van der Waals surface area (Å²) >= 11 is 4.83. The Labute approximate surface area is 55.4 Å². The molecule has 0 aliphatic carbocycles. The Morgan fingerprint density at radius 1 is 1.89 bits per heavy atom. The number of alkyl halides is 2. The molecule has 0 amide bonds. The van der Waals surface area contributed by atoms with Crippen LogP contribution in [0.15, 0.2) is 0 Å². The lowest BCUT2D eigenvalue weighted by molar-refractivity contribution is -0.602. The van der Waals surface area contributed by atoms with Crippen LogP contribution in [-0.4, -0.2) is 28.3 Å². The van der Waals surface area contributed by atoms with E-state index < -0.39 is 23.2 Å². The molecule has 0 aromatic rings. The molecule has 0 aromatic heterocycles. The molecule has 0 aliphatic heterocycles. The molecule has 0 fully saturated rings. The maximum atomic E-state index is 12.3. The van der Waals surface area contributed by atoms with Crippen molar-refractivity contribution in [3.05, 3.63) is 10.1 Å². The molecule has 0 aliphatic rings. The van der Waals surface area contributed by atoms with Gasteiger partial charge in [-0.15, -0.1) is 11.6 Å². The lowest BCUT2D eigenvalue weighted by Gasteiger charge is -2.08. The third-order valence-electron chi connectivity index (χ3n) is 0.774. The van der Waals surface area contributed by atoms with Gasteiger partial charge in [-0.1, -0.05) is 0 Å². The average Bonchev–Trinajstić information content (AvgIpc) is 1.86. The number of nitrogens with zero attached hydrogens (tertiary/aromatic N) is 1. The fraction of sp³-hybridized carbons (Fsp3) is 1.00. The molecular formula is C3H5ClFNO3. The second-order valence-electron chi connectivity index (χ2n) is 1.47. The fourth-order valence-corrected chi connectivity index (χ4v) is 0.331. The zero-order valence-corrected chi connectivity index (χ0v) is 5.14. The summed E-state index contributed by atoms with van der Waals surface area (Å²) < 4.78 is 12.3. The summed E-state index contributed by atoms with van der Waals surface area (Å²) in [6, 6.07) is 0. The molecule has 0 bridgehead atoms. The fourth-order valence-electron chi connectivity index (χ4n) is 0.149. The van der Waals surface area contributed by atoms with E-state index in [4.69, 9.17) is 16.7 Å². The van der Waals surface area contributed by atoms with Gasteiger partial charge in [0.05, 0.1) is 4.92 Å². The van der Waals surface area contributed by atoms with E-state index in [-0.39, 0.29) is 0 Å². The van der Waals surface area contributed by atoms with Gasteiger partial charge in [-0.3, -0.25) is 10.1 Å². The van der Waals surface area contributed by atoms with Crippen molar-refractivity contribution in [2.24, 2.45) is 0 Å². The van der Waals surface area contributed by atoms with Crippen LogP contribution >= 0.6 is 11.6 Å². The molecule has 4 nitrogen and oxygen atoms in total. The van der Waals surface area contributed by atoms with E-state index in [1.165, 1.54) is 0 Å². The highest BCUT2D eigenvalue weighted by Gasteiger charge is 2.41. The minimum atomic E-state index is -2.87. The summed E-state index contributed by atoms with van der Waals surface area (Å²) in [6.45, 7) is -1.19. The number of rotatable bonds is 3. The van der Waals surface area contributed by atoms with E-state index in [9.17, 15) is 14.5 Å². The van der Waals surface area contributed by atoms with Crippen LogP contribution in [0.3, 0.4) is 0 Å². The van der Waals surface area contributed by atoms with Crippen molar-refractivity contribution in [2.45, 2.75) is 5.79 Å². The number of aliphatic hydroxyl groups is 1. The number of hydrogen-bond acceptors (Lipinski definition) is 3. The van der Waals surface area contributed by atoms with Gasteiger partial charge in [0.25, 0.3) is 0 Å². The normalized spacial score (nSPS) is 16.8. The van der Waals surface area contributed by atoms with E-state index in [0.717, 1.165) is 0 Å². The minimum absolute atomic E-state index is 0.837. The Morgan fingerprint density at radius 2 is 2.33 bits per heavy atom. The van der Waals surface area contributed by atoms with Gasteiger partial charge in [0.1, 0.15) is 12.5 Å². The predicted molar refractivity (Wildman–Crippen MR) is 28.6 cm³/mol. The first kappa shape index (κ1) is 8.58.